The van der Waals surface area contributed by atoms with Crippen LogP contribution in [-0.2, 0) is 4.74 Å². The van der Waals surface area contributed by atoms with Crippen LogP contribution in [0, 0.1) is 13.8 Å². The van der Waals surface area contributed by atoms with Crippen LogP contribution in [0.15, 0.2) is 36.4 Å². The lowest BCUT2D eigenvalue weighted by molar-refractivity contribution is 0.0602. The molecule has 0 aliphatic rings. The quantitative estimate of drug-likeness (QED) is 0.662. The van der Waals surface area contributed by atoms with Gasteiger partial charge in [0.25, 0.3) is 0 Å². The number of aryl methyl sites for hydroxylation is 2. The highest BCUT2D eigenvalue weighted by molar-refractivity contribution is 5.98. The van der Waals surface area contributed by atoms with Gasteiger partial charge < -0.3 is 15.8 Å². The fraction of sp³-hybridized carbons (Fsp3) is 0.188. The number of para-hydroxylation sites is 1. The molecule has 2 aromatic carbocycles. The molecule has 0 saturated heterocycles. The van der Waals surface area contributed by atoms with Crippen LogP contribution in [0.1, 0.15) is 21.5 Å². The zero-order valence-corrected chi connectivity index (χ0v) is 11.9. The molecule has 4 heteroatoms. The smallest absolute Gasteiger partial charge is 0.340 e. The number of rotatable bonds is 3. The van der Waals surface area contributed by atoms with E-state index in [0.717, 1.165) is 5.69 Å². The van der Waals surface area contributed by atoms with Crippen molar-refractivity contribution in [3.05, 3.63) is 53.1 Å². The van der Waals surface area contributed by atoms with E-state index in [0.29, 0.717) is 16.9 Å². The van der Waals surface area contributed by atoms with Crippen molar-refractivity contribution in [1.29, 1.82) is 0 Å². The number of nitrogen functional groups attached to an aromatic ring is 1. The number of nitrogens with one attached hydrogen (secondary N) is 1. The van der Waals surface area contributed by atoms with Crippen LogP contribution in [0.3, 0.4) is 0 Å². The Morgan fingerprint density at radius 1 is 1.15 bits per heavy atom. The fourth-order valence-electron chi connectivity index (χ4n) is 1.94. The third kappa shape index (κ3) is 2.74. The minimum Gasteiger partial charge on any atom is -0.465 e. The van der Waals surface area contributed by atoms with Crippen molar-refractivity contribution < 1.29 is 9.53 Å². The molecule has 0 saturated carbocycles. The van der Waals surface area contributed by atoms with Gasteiger partial charge in [0.2, 0.25) is 0 Å². The predicted octanol–water partition coefficient (Wildman–Crippen LogP) is 3.42. The molecule has 20 heavy (non-hydrogen) atoms. The zero-order chi connectivity index (χ0) is 14.7. The number of ether oxygens (including phenoxy) is 1. The molecular weight excluding hydrogens is 252 g/mol. The normalized spacial score (nSPS) is 10.2. The van der Waals surface area contributed by atoms with Crippen molar-refractivity contribution in [1.82, 2.24) is 0 Å². The molecule has 0 bridgehead atoms. The number of carbonyl (C=O) groups excluding carboxylic acids is 1. The highest BCUT2D eigenvalue weighted by Crippen LogP contribution is 2.27. The molecule has 0 atom stereocenters. The molecule has 0 fully saturated rings. The number of benzene rings is 2. The summed E-state index contributed by atoms with van der Waals surface area (Å²) in [5, 5.41) is 3.23. The molecule has 4 nitrogen and oxygen atoms in total. The first-order valence-corrected chi connectivity index (χ1v) is 6.34. The van der Waals surface area contributed by atoms with Gasteiger partial charge in [0, 0.05) is 5.69 Å². The van der Waals surface area contributed by atoms with Crippen LogP contribution < -0.4 is 11.1 Å². The van der Waals surface area contributed by atoms with Gasteiger partial charge in [-0.1, -0.05) is 12.1 Å². The average Bonchev–Trinajstić information content (AvgIpc) is 2.44. The molecule has 2 rings (SSSR count). The third-order valence-electron chi connectivity index (χ3n) is 3.30. The summed E-state index contributed by atoms with van der Waals surface area (Å²) in [4.78, 5) is 11.6. The van der Waals surface area contributed by atoms with Crippen LogP contribution >= 0.6 is 0 Å². The lowest BCUT2D eigenvalue weighted by Gasteiger charge is -2.13. The number of hydrogen-bond acceptors (Lipinski definition) is 4. The summed E-state index contributed by atoms with van der Waals surface area (Å²) >= 11 is 0. The second-order valence-corrected chi connectivity index (χ2v) is 4.68. The van der Waals surface area contributed by atoms with Gasteiger partial charge in [-0.05, 0) is 49.2 Å². The molecule has 0 aliphatic carbocycles. The molecular formula is C16H18N2O2. The maximum atomic E-state index is 11.6. The van der Waals surface area contributed by atoms with Crippen molar-refractivity contribution in [3.8, 4) is 0 Å². The SMILES string of the molecule is COC(=O)c1cccc(Nc2ccc(C)c(C)c2)c1N. The minimum atomic E-state index is -0.439. The van der Waals surface area contributed by atoms with Gasteiger partial charge in [0.05, 0.1) is 24.0 Å². The van der Waals surface area contributed by atoms with E-state index in [4.69, 9.17) is 10.5 Å². The number of hydrogen-bond donors (Lipinski definition) is 2. The molecule has 0 aromatic heterocycles. The predicted molar refractivity (Wildman–Crippen MR) is 81.4 cm³/mol. The molecule has 0 heterocycles. The van der Waals surface area contributed by atoms with E-state index in [-0.39, 0.29) is 0 Å². The summed E-state index contributed by atoms with van der Waals surface area (Å²) < 4.78 is 4.71. The Bertz CT molecular complexity index is 651. The summed E-state index contributed by atoms with van der Waals surface area (Å²) in [5.41, 5.74) is 10.8. The molecule has 0 radical (unpaired) electrons. The lowest BCUT2D eigenvalue weighted by Crippen LogP contribution is -2.07. The number of methoxy groups -OCH3 is 1. The average molecular weight is 270 g/mol. The van der Waals surface area contributed by atoms with Crippen molar-refractivity contribution >= 4 is 23.0 Å². The fourth-order valence-corrected chi connectivity index (χ4v) is 1.94. The first-order chi connectivity index (χ1) is 9.52. The van der Waals surface area contributed by atoms with Crippen LogP contribution in [-0.4, -0.2) is 13.1 Å². The number of esters is 1. The first kappa shape index (κ1) is 13.9. The molecule has 0 unspecified atom stereocenters. The zero-order valence-electron chi connectivity index (χ0n) is 11.9. The molecule has 2 aromatic rings. The standard InChI is InChI=1S/C16H18N2O2/c1-10-7-8-12(9-11(10)2)18-14-6-4-5-13(15(14)17)16(19)20-3/h4-9,18H,17H2,1-3H3. The molecule has 0 amide bonds. The summed E-state index contributed by atoms with van der Waals surface area (Å²) in [7, 11) is 1.34. The van der Waals surface area contributed by atoms with Crippen LogP contribution in [0.2, 0.25) is 0 Å². The van der Waals surface area contributed by atoms with E-state index < -0.39 is 5.97 Å². The van der Waals surface area contributed by atoms with E-state index in [2.05, 4.69) is 19.2 Å². The summed E-state index contributed by atoms with van der Waals surface area (Å²) in [5.74, 6) is -0.439. The minimum absolute atomic E-state index is 0.362. The highest BCUT2D eigenvalue weighted by atomic mass is 16.5. The van der Waals surface area contributed by atoms with Gasteiger partial charge in [-0.15, -0.1) is 0 Å². The van der Waals surface area contributed by atoms with Gasteiger partial charge in [-0.2, -0.15) is 0 Å². The second kappa shape index (κ2) is 5.65. The Morgan fingerprint density at radius 2 is 1.90 bits per heavy atom. The largest absolute Gasteiger partial charge is 0.465 e. The number of carbonyl (C=O) groups is 1. The molecule has 0 aliphatic heterocycles. The van der Waals surface area contributed by atoms with Crippen LogP contribution in [0.5, 0.6) is 0 Å². The summed E-state index contributed by atoms with van der Waals surface area (Å²) in [6.45, 7) is 4.11. The van der Waals surface area contributed by atoms with E-state index in [1.165, 1.54) is 18.2 Å². The third-order valence-corrected chi connectivity index (χ3v) is 3.30. The monoisotopic (exact) mass is 270 g/mol. The topological polar surface area (TPSA) is 64.3 Å². The van der Waals surface area contributed by atoms with Crippen molar-refractivity contribution in [3.63, 3.8) is 0 Å². The van der Waals surface area contributed by atoms with Gasteiger partial charge in [-0.25, -0.2) is 4.79 Å². The van der Waals surface area contributed by atoms with E-state index in [1.807, 2.05) is 24.3 Å². The van der Waals surface area contributed by atoms with Gasteiger partial charge >= 0.3 is 5.97 Å². The number of anilines is 3. The van der Waals surface area contributed by atoms with Crippen molar-refractivity contribution in [2.75, 3.05) is 18.2 Å². The Hall–Kier alpha value is -2.49. The highest BCUT2D eigenvalue weighted by Gasteiger charge is 2.12. The maximum Gasteiger partial charge on any atom is 0.340 e. The first-order valence-electron chi connectivity index (χ1n) is 6.34. The van der Waals surface area contributed by atoms with Gasteiger partial charge in [0.15, 0.2) is 0 Å². The summed E-state index contributed by atoms with van der Waals surface area (Å²) in [6.07, 6.45) is 0. The molecule has 3 N–H and O–H groups in total. The van der Waals surface area contributed by atoms with E-state index in [9.17, 15) is 4.79 Å². The maximum absolute atomic E-state index is 11.6. The van der Waals surface area contributed by atoms with Crippen LogP contribution in [0.25, 0.3) is 0 Å². The van der Waals surface area contributed by atoms with Gasteiger partial charge in [-0.3, -0.25) is 0 Å². The molecule has 104 valence electrons. The van der Waals surface area contributed by atoms with E-state index in [1.54, 1.807) is 12.1 Å². The van der Waals surface area contributed by atoms with Crippen molar-refractivity contribution in [2.45, 2.75) is 13.8 Å². The van der Waals surface area contributed by atoms with Gasteiger partial charge in [0.1, 0.15) is 0 Å². The van der Waals surface area contributed by atoms with Crippen LogP contribution in [0.4, 0.5) is 17.1 Å². The van der Waals surface area contributed by atoms with Crippen molar-refractivity contribution in [2.24, 2.45) is 0 Å². The Morgan fingerprint density at radius 3 is 2.55 bits per heavy atom. The Balaban J connectivity index is 2.34. The van der Waals surface area contributed by atoms with E-state index >= 15 is 0 Å². The lowest BCUT2D eigenvalue weighted by atomic mass is 10.1. The second-order valence-electron chi connectivity index (χ2n) is 4.68. The summed E-state index contributed by atoms with van der Waals surface area (Å²) in [6, 6.07) is 11.3. The number of nitrogens with two attached hydrogens (primary N) is 1. The Labute approximate surface area is 118 Å². The molecule has 0 spiro atoms. The Kier molecular flexibility index (Phi) is 3.94.